The Balaban J connectivity index is 2.98. The number of carbonyl (C=O) groups is 1. The van der Waals surface area contributed by atoms with Crippen molar-refractivity contribution in [3.63, 3.8) is 0 Å². The molecular formula is C15H23ClN2O5S. The number of rotatable bonds is 8. The summed E-state index contributed by atoms with van der Waals surface area (Å²) in [5, 5.41) is 2.97. The lowest BCUT2D eigenvalue weighted by Crippen LogP contribution is -2.39. The molecule has 0 saturated heterocycles. The Kier molecular flexibility index (Phi) is 7.31. The molecule has 1 aromatic carbocycles. The predicted molar refractivity (Wildman–Crippen MR) is 94.4 cm³/mol. The van der Waals surface area contributed by atoms with Crippen molar-refractivity contribution in [3.05, 3.63) is 17.2 Å². The van der Waals surface area contributed by atoms with E-state index in [0.717, 1.165) is 10.6 Å². The third-order valence-corrected chi connectivity index (χ3v) is 4.62. The lowest BCUT2D eigenvalue weighted by atomic mass is 10.2. The first-order chi connectivity index (χ1) is 11.1. The number of methoxy groups -OCH3 is 2. The number of benzene rings is 1. The molecule has 1 aromatic rings. The van der Waals surface area contributed by atoms with E-state index in [4.69, 9.17) is 21.1 Å². The topological polar surface area (TPSA) is 84.9 Å². The zero-order valence-electron chi connectivity index (χ0n) is 14.4. The fraction of sp³-hybridized carbons (Fsp3) is 0.533. The van der Waals surface area contributed by atoms with Crippen molar-refractivity contribution in [2.75, 3.05) is 38.9 Å². The van der Waals surface area contributed by atoms with Crippen LogP contribution in [0, 0.1) is 5.92 Å². The van der Waals surface area contributed by atoms with Crippen LogP contribution < -0.4 is 14.8 Å². The maximum absolute atomic E-state index is 12.3. The predicted octanol–water partition coefficient (Wildman–Crippen LogP) is 2.21. The molecule has 0 aromatic heterocycles. The summed E-state index contributed by atoms with van der Waals surface area (Å²) in [6.07, 6.45) is 1.08. The molecule has 0 heterocycles. The number of sulfonamides is 1. The number of anilines is 1. The normalized spacial score (nSPS) is 11.7. The summed E-state index contributed by atoms with van der Waals surface area (Å²) in [6, 6.07) is 3.03. The van der Waals surface area contributed by atoms with Crippen LogP contribution in [0.15, 0.2) is 12.1 Å². The molecule has 0 bridgehead atoms. The van der Waals surface area contributed by atoms with Gasteiger partial charge in [0.25, 0.3) is 0 Å². The number of hydrogen-bond donors (Lipinski definition) is 1. The van der Waals surface area contributed by atoms with E-state index < -0.39 is 15.9 Å². The highest BCUT2D eigenvalue weighted by Gasteiger charge is 2.22. The minimum atomic E-state index is -3.49. The van der Waals surface area contributed by atoms with Crippen molar-refractivity contribution < 1.29 is 22.7 Å². The van der Waals surface area contributed by atoms with Crippen LogP contribution in [0.5, 0.6) is 11.5 Å². The van der Waals surface area contributed by atoms with Gasteiger partial charge in [0, 0.05) is 18.7 Å². The molecule has 136 valence electrons. The lowest BCUT2D eigenvalue weighted by Gasteiger charge is -2.21. The number of hydrogen-bond acceptors (Lipinski definition) is 5. The van der Waals surface area contributed by atoms with Crippen LogP contribution in [-0.2, 0) is 14.8 Å². The third-order valence-electron chi connectivity index (χ3n) is 3.11. The molecule has 0 spiro atoms. The first-order valence-corrected chi connectivity index (χ1v) is 9.47. The summed E-state index contributed by atoms with van der Waals surface area (Å²) >= 11 is 6.01. The number of halogens is 1. The third kappa shape index (κ3) is 5.85. The highest BCUT2D eigenvalue weighted by atomic mass is 35.5. The van der Waals surface area contributed by atoms with Crippen LogP contribution in [0.1, 0.15) is 13.8 Å². The molecule has 0 fully saturated rings. The molecule has 0 radical (unpaired) electrons. The van der Waals surface area contributed by atoms with E-state index in [1.165, 1.54) is 26.4 Å². The van der Waals surface area contributed by atoms with E-state index in [9.17, 15) is 13.2 Å². The Bertz CT molecular complexity index is 691. The van der Waals surface area contributed by atoms with Crippen molar-refractivity contribution in [1.82, 2.24) is 4.31 Å². The second-order valence-electron chi connectivity index (χ2n) is 5.68. The fourth-order valence-electron chi connectivity index (χ4n) is 2.03. The van der Waals surface area contributed by atoms with Gasteiger partial charge < -0.3 is 14.8 Å². The molecule has 24 heavy (non-hydrogen) atoms. The van der Waals surface area contributed by atoms with Crippen LogP contribution in [0.25, 0.3) is 0 Å². The van der Waals surface area contributed by atoms with E-state index in [2.05, 4.69) is 5.32 Å². The van der Waals surface area contributed by atoms with Gasteiger partial charge in [0.05, 0.1) is 37.7 Å². The Hall–Kier alpha value is -1.51. The largest absolute Gasteiger partial charge is 0.495 e. The molecule has 1 rings (SSSR count). The number of amides is 1. The van der Waals surface area contributed by atoms with Gasteiger partial charge in [-0.1, -0.05) is 25.4 Å². The standard InChI is InChI=1S/C15H23ClN2O5S/c1-10(2)8-18(24(5,20)21)9-15(19)17-12-7-13(22-3)11(16)6-14(12)23-4/h6-7,10H,8-9H2,1-5H3,(H,17,19). The maximum Gasteiger partial charge on any atom is 0.239 e. The van der Waals surface area contributed by atoms with Crippen LogP contribution in [-0.4, -0.2) is 52.2 Å². The number of nitrogens with one attached hydrogen (secondary N) is 1. The Labute approximate surface area is 147 Å². The van der Waals surface area contributed by atoms with E-state index in [1.54, 1.807) is 0 Å². The average molecular weight is 379 g/mol. The van der Waals surface area contributed by atoms with Gasteiger partial charge >= 0.3 is 0 Å². The minimum absolute atomic E-state index is 0.0951. The van der Waals surface area contributed by atoms with Gasteiger partial charge in [-0.15, -0.1) is 0 Å². The van der Waals surface area contributed by atoms with Crippen LogP contribution in [0.3, 0.4) is 0 Å². The molecule has 9 heteroatoms. The minimum Gasteiger partial charge on any atom is -0.495 e. The maximum atomic E-state index is 12.3. The van der Waals surface area contributed by atoms with Gasteiger partial charge in [0.15, 0.2) is 0 Å². The van der Waals surface area contributed by atoms with Crippen LogP contribution in [0.4, 0.5) is 5.69 Å². The molecule has 0 aliphatic rings. The summed E-state index contributed by atoms with van der Waals surface area (Å²) in [7, 11) is -0.596. The second kappa shape index (κ2) is 8.55. The van der Waals surface area contributed by atoms with Gasteiger partial charge in [-0.2, -0.15) is 4.31 Å². The molecular weight excluding hydrogens is 356 g/mol. The van der Waals surface area contributed by atoms with Gasteiger partial charge in [-0.05, 0) is 5.92 Å². The molecule has 1 amide bonds. The van der Waals surface area contributed by atoms with Crippen LogP contribution >= 0.6 is 11.6 Å². The molecule has 0 aliphatic carbocycles. The molecule has 7 nitrogen and oxygen atoms in total. The van der Waals surface area contributed by atoms with E-state index in [1.807, 2.05) is 13.8 Å². The first kappa shape index (κ1) is 20.5. The number of ether oxygens (including phenoxy) is 2. The summed E-state index contributed by atoms with van der Waals surface area (Å²) in [6.45, 7) is 3.73. The van der Waals surface area contributed by atoms with Crippen LogP contribution in [0.2, 0.25) is 5.02 Å². The quantitative estimate of drug-likeness (QED) is 0.749. The Morgan fingerprint density at radius 1 is 1.25 bits per heavy atom. The second-order valence-corrected chi connectivity index (χ2v) is 8.07. The Morgan fingerprint density at radius 3 is 2.29 bits per heavy atom. The molecule has 0 unspecified atom stereocenters. The first-order valence-electron chi connectivity index (χ1n) is 7.25. The van der Waals surface area contributed by atoms with Gasteiger partial charge in [0.1, 0.15) is 11.5 Å². The van der Waals surface area contributed by atoms with E-state index >= 15 is 0 Å². The van der Waals surface area contributed by atoms with Crippen molar-refractivity contribution in [2.45, 2.75) is 13.8 Å². The van der Waals surface area contributed by atoms with Crippen molar-refractivity contribution >= 4 is 33.2 Å². The SMILES string of the molecule is COc1cc(NC(=O)CN(CC(C)C)S(C)(=O)=O)c(OC)cc1Cl. The van der Waals surface area contributed by atoms with Gasteiger partial charge in [-0.25, -0.2) is 8.42 Å². The molecule has 0 aliphatic heterocycles. The lowest BCUT2D eigenvalue weighted by molar-refractivity contribution is -0.116. The van der Waals surface area contributed by atoms with Gasteiger partial charge in [-0.3, -0.25) is 4.79 Å². The van der Waals surface area contributed by atoms with E-state index in [0.29, 0.717) is 22.2 Å². The highest BCUT2D eigenvalue weighted by molar-refractivity contribution is 7.88. The zero-order chi connectivity index (χ0) is 18.5. The molecule has 0 atom stereocenters. The van der Waals surface area contributed by atoms with Crippen molar-refractivity contribution in [3.8, 4) is 11.5 Å². The smallest absolute Gasteiger partial charge is 0.239 e. The molecule has 0 saturated carbocycles. The summed E-state index contributed by atoms with van der Waals surface area (Å²) in [5.41, 5.74) is 0.349. The zero-order valence-corrected chi connectivity index (χ0v) is 16.0. The molecule has 1 N–H and O–H groups in total. The monoisotopic (exact) mass is 378 g/mol. The number of carbonyl (C=O) groups excluding carboxylic acids is 1. The van der Waals surface area contributed by atoms with E-state index in [-0.39, 0.29) is 19.0 Å². The summed E-state index contributed by atoms with van der Waals surface area (Å²) in [5.74, 6) is 0.334. The summed E-state index contributed by atoms with van der Waals surface area (Å²) < 4.78 is 35.0. The number of nitrogens with zero attached hydrogens (tertiary/aromatic N) is 1. The fourth-order valence-corrected chi connectivity index (χ4v) is 3.18. The highest BCUT2D eigenvalue weighted by Crippen LogP contribution is 2.35. The van der Waals surface area contributed by atoms with Crippen molar-refractivity contribution in [2.24, 2.45) is 5.92 Å². The van der Waals surface area contributed by atoms with Crippen molar-refractivity contribution in [1.29, 1.82) is 0 Å². The summed E-state index contributed by atoms with van der Waals surface area (Å²) in [4.78, 5) is 12.3. The van der Waals surface area contributed by atoms with Gasteiger partial charge in [0.2, 0.25) is 15.9 Å². The Morgan fingerprint density at radius 2 is 1.83 bits per heavy atom. The average Bonchev–Trinajstić information content (AvgIpc) is 2.46.